The zero-order valence-electron chi connectivity index (χ0n) is 15.9. The number of halogens is 2. The average molecular weight is 456 g/mol. The second kappa shape index (κ2) is 9.91. The van der Waals surface area contributed by atoms with E-state index in [1.165, 1.54) is 22.0 Å². The van der Waals surface area contributed by atoms with Crippen LogP contribution in [-0.2, 0) is 16.6 Å². The summed E-state index contributed by atoms with van der Waals surface area (Å²) in [7, 11) is -3.44. The minimum atomic E-state index is -3.44. The van der Waals surface area contributed by atoms with Crippen LogP contribution in [0.2, 0.25) is 10.0 Å². The van der Waals surface area contributed by atoms with Gasteiger partial charge in [-0.3, -0.25) is 9.69 Å². The summed E-state index contributed by atoms with van der Waals surface area (Å²) in [6, 6.07) is 14.7. The van der Waals surface area contributed by atoms with Crippen LogP contribution in [0.15, 0.2) is 48.5 Å². The minimum Gasteiger partial charge on any atom is -0.351 e. The summed E-state index contributed by atoms with van der Waals surface area (Å²) in [5, 5.41) is 3.26. The van der Waals surface area contributed by atoms with Crippen molar-refractivity contribution >= 4 is 39.1 Å². The molecule has 0 bridgehead atoms. The van der Waals surface area contributed by atoms with Crippen molar-refractivity contribution in [2.45, 2.75) is 6.54 Å². The van der Waals surface area contributed by atoms with Gasteiger partial charge < -0.3 is 5.32 Å². The highest BCUT2D eigenvalue weighted by Crippen LogP contribution is 2.20. The fraction of sp³-hybridized carbons (Fsp3) is 0.350. The first-order valence-corrected chi connectivity index (χ1v) is 11.7. The molecule has 1 aliphatic heterocycles. The van der Waals surface area contributed by atoms with Crippen molar-refractivity contribution in [1.29, 1.82) is 0 Å². The molecule has 6 nitrogen and oxygen atoms in total. The number of rotatable bonds is 7. The fourth-order valence-corrected chi connectivity index (χ4v) is 4.91. The molecule has 1 heterocycles. The third-order valence-electron chi connectivity index (χ3n) is 4.79. The van der Waals surface area contributed by atoms with Crippen LogP contribution in [0.4, 0.5) is 0 Å². The minimum absolute atomic E-state index is 0.00817. The quantitative estimate of drug-likeness (QED) is 0.696. The molecule has 1 N–H and O–H groups in total. The van der Waals surface area contributed by atoms with E-state index in [1.807, 2.05) is 18.2 Å². The van der Waals surface area contributed by atoms with Crippen LogP contribution in [-0.4, -0.2) is 62.0 Å². The molecule has 1 fully saturated rings. The molecule has 0 unspecified atom stereocenters. The lowest BCUT2D eigenvalue weighted by Crippen LogP contribution is -2.49. The molecule has 0 spiro atoms. The first kappa shape index (κ1) is 22.1. The number of amides is 1. The smallest absolute Gasteiger partial charge is 0.252 e. The van der Waals surface area contributed by atoms with Crippen molar-refractivity contribution in [3.05, 3.63) is 69.7 Å². The largest absolute Gasteiger partial charge is 0.351 e. The van der Waals surface area contributed by atoms with E-state index in [9.17, 15) is 13.2 Å². The van der Waals surface area contributed by atoms with Crippen LogP contribution < -0.4 is 5.32 Å². The van der Waals surface area contributed by atoms with Crippen LogP contribution in [0.1, 0.15) is 15.9 Å². The van der Waals surface area contributed by atoms with Crippen LogP contribution in [0.5, 0.6) is 0 Å². The summed E-state index contributed by atoms with van der Waals surface area (Å²) in [6.45, 7) is 3.07. The zero-order chi connectivity index (χ0) is 20.9. The van der Waals surface area contributed by atoms with Crippen LogP contribution in [0, 0.1) is 0 Å². The molecular formula is C20H23Cl2N3O3S. The molecule has 0 atom stereocenters. The van der Waals surface area contributed by atoms with Gasteiger partial charge in [0.1, 0.15) is 0 Å². The van der Waals surface area contributed by atoms with Crippen LogP contribution in [0.25, 0.3) is 0 Å². The van der Waals surface area contributed by atoms with Gasteiger partial charge in [0.15, 0.2) is 0 Å². The normalized spacial score (nSPS) is 15.9. The maximum Gasteiger partial charge on any atom is 0.252 e. The number of benzene rings is 2. The Labute approximate surface area is 181 Å². The molecule has 1 saturated heterocycles. The number of carbonyl (C=O) groups is 1. The van der Waals surface area contributed by atoms with Crippen LogP contribution in [0.3, 0.4) is 0 Å². The Morgan fingerprint density at radius 1 is 1.00 bits per heavy atom. The predicted molar refractivity (Wildman–Crippen MR) is 116 cm³/mol. The molecule has 156 valence electrons. The number of nitrogens with zero attached hydrogens (tertiary/aromatic N) is 2. The van der Waals surface area contributed by atoms with E-state index >= 15 is 0 Å². The van der Waals surface area contributed by atoms with E-state index in [0.717, 1.165) is 6.54 Å². The molecule has 0 saturated carbocycles. The summed E-state index contributed by atoms with van der Waals surface area (Å²) >= 11 is 11.9. The van der Waals surface area contributed by atoms with Gasteiger partial charge >= 0.3 is 0 Å². The van der Waals surface area contributed by atoms with Gasteiger partial charge in [0, 0.05) is 44.3 Å². The maximum atomic E-state index is 12.6. The van der Waals surface area contributed by atoms with Crippen molar-refractivity contribution in [3.8, 4) is 0 Å². The Hall–Kier alpha value is -1.64. The van der Waals surface area contributed by atoms with E-state index in [2.05, 4.69) is 22.3 Å². The summed E-state index contributed by atoms with van der Waals surface area (Å²) < 4.78 is 26.7. The highest BCUT2D eigenvalue weighted by Gasteiger charge is 2.26. The molecule has 3 rings (SSSR count). The maximum absolute atomic E-state index is 12.6. The van der Waals surface area contributed by atoms with Crippen LogP contribution >= 0.6 is 23.2 Å². The van der Waals surface area contributed by atoms with Crippen molar-refractivity contribution in [3.63, 3.8) is 0 Å². The van der Waals surface area contributed by atoms with Gasteiger partial charge in [-0.2, -0.15) is 4.31 Å². The molecule has 9 heteroatoms. The van der Waals surface area contributed by atoms with Crippen molar-refractivity contribution in [2.75, 3.05) is 38.5 Å². The Morgan fingerprint density at radius 3 is 2.38 bits per heavy atom. The van der Waals surface area contributed by atoms with Crippen molar-refractivity contribution < 1.29 is 13.2 Å². The van der Waals surface area contributed by atoms with Gasteiger partial charge in [-0.1, -0.05) is 53.5 Å². The number of hydrogen-bond donors (Lipinski definition) is 1. The lowest BCUT2D eigenvalue weighted by Gasteiger charge is -2.34. The number of carbonyl (C=O) groups excluding carboxylic acids is 1. The highest BCUT2D eigenvalue weighted by molar-refractivity contribution is 7.89. The first-order chi connectivity index (χ1) is 13.8. The summed E-state index contributed by atoms with van der Waals surface area (Å²) in [5.74, 6) is -0.601. The van der Waals surface area contributed by atoms with E-state index in [1.54, 1.807) is 6.07 Å². The summed E-state index contributed by atoms with van der Waals surface area (Å²) in [6.07, 6.45) is 0. The third kappa shape index (κ3) is 6.17. The number of nitrogens with one attached hydrogen (secondary N) is 1. The topological polar surface area (TPSA) is 69.7 Å². The van der Waals surface area contributed by atoms with Gasteiger partial charge in [-0.25, -0.2) is 8.42 Å². The number of piperazine rings is 1. The van der Waals surface area contributed by atoms with E-state index in [0.29, 0.717) is 31.2 Å². The Morgan fingerprint density at radius 2 is 1.69 bits per heavy atom. The number of hydrogen-bond acceptors (Lipinski definition) is 4. The zero-order valence-corrected chi connectivity index (χ0v) is 18.2. The molecule has 2 aromatic carbocycles. The Kier molecular flexibility index (Phi) is 7.54. The van der Waals surface area contributed by atoms with Gasteiger partial charge in [-0.15, -0.1) is 0 Å². The molecule has 1 aliphatic rings. The lowest BCUT2D eigenvalue weighted by atomic mass is 10.2. The molecular weight excluding hydrogens is 433 g/mol. The second-order valence-electron chi connectivity index (χ2n) is 6.86. The summed E-state index contributed by atoms with van der Waals surface area (Å²) in [5.41, 5.74) is 1.44. The highest BCUT2D eigenvalue weighted by atomic mass is 35.5. The van der Waals surface area contributed by atoms with E-state index in [4.69, 9.17) is 23.2 Å². The standard InChI is InChI=1S/C20H23Cl2N3O3S/c21-17-6-7-19(22)18(14-17)20(26)23-8-13-29(27,28)25-11-9-24(10-12-25)15-16-4-2-1-3-5-16/h1-7,14H,8-13,15H2,(H,23,26). The molecule has 29 heavy (non-hydrogen) atoms. The lowest BCUT2D eigenvalue weighted by molar-refractivity contribution is 0.0956. The molecule has 0 aliphatic carbocycles. The molecule has 2 aromatic rings. The molecule has 0 aromatic heterocycles. The van der Waals surface area contributed by atoms with E-state index in [-0.39, 0.29) is 22.9 Å². The Bertz CT molecular complexity index is 947. The molecule has 0 radical (unpaired) electrons. The molecule has 1 amide bonds. The first-order valence-electron chi connectivity index (χ1n) is 9.32. The van der Waals surface area contributed by atoms with Gasteiger partial charge in [0.05, 0.1) is 16.3 Å². The van der Waals surface area contributed by atoms with E-state index < -0.39 is 15.9 Å². The monoisotopic (exact) mass is 455 g/mol. The average Bonchev–Trinajstić information content (AvgIpc) is 2.71. The summed E-state index contributed by atoms with van der Waals surface area (Å²) in [4.78, 5) is 14.5. The van der Waals surface area contributed by atoms with Crippen molar-refractivity contribution in [2.24, 2.45) is 0 Å². The second-order valence-corrected chi connectivity index (χ2v) is 9.79. The third-order valence-corrected chi connectivity index (χ3v) is 7.23. The van der Waals surface area contributed by atoms with Gasteiger partial charge in [-0.05, 0) is 23.8 Å². The van der Waals surface area contributed by atoms with Gasteiger partial charge in [0.2, 0.25) is 10.0 Å². The van der Waals surface area contributed by atoms with Gasteiger partial charge in [0.25, 0.3) is 5.91 Å². The SMILES string of the molecule is O=C(NCCS(=O)(=O)N1CCN(Cc2ccccc2)CC1)c1cc(Cl)ccc1Cl. The number of sulfonamides is 1. The fourth-order valence-electron chi connectivity index (χ4n) is 3.20. The van der Waals surface area contributed by atoms with Crippen molar-refractivity contribution in [1.82, 2.24) is 14.5 Å². The Balaban J connectivity index is 1.46. The predicted octanol–water partition coefficient (Wildman–Crippen LogP) is 2.87.